The van der Waals surface area contributed by atoms with Gasteiger partial charge in [-0.15, -0.1) is 11.6 Å². The van der Waals surface area contributed by atoms with Gasteiger partial charge in [0.15, 0.2) is 0 Å². The minimum absolute atomic E-state index is 0.0396. The number of alkyl halides is 1. The van der Waals surface area contributed by atoms with E-state index in [0.29, 0.717) is 17.4 Å². The molecule has 3 nitrogen and oxygen atoms in total. The molecule has 0 saturated carbocycles. The average molecular weight is 336 g/mol. The van der Waals surface area contributed by atoms with Crippen molar-refractivity contribution in [3.63, 3.8) is 0 Å². The van der Waals surface area contributed by atoms with Crippen LogP contribution in [0.25, 0.3) is 0 Å². The highest BCUT2D eigenvalue weighted by Crippen LogP contribution is 2.35. The van der Waals surface area contributed by atoms with E-state index < -0.39 is 10.0 Å². The maximum absolute atomic E-state index is 12.5. The van der Waals surface area contributed by atoms with E-state index in [-0.39, 0.29) is 17.7 Å². The molecule has 0 spiro atoms. The third-order valence-corrected chi connectivity index (χ3v) is 6.46. The summed E-state index contributed by atoms with van der Waals surface area (Å²) in [4.78, 5) is 0. The predicted molar refractivity (Wildman–Crippen MR) is 83.8 cm³/mol. The van der Waals surface area contributed by atoms with Crippen molar-refractivity contribution in [1.82, 2.24) is 4.31 Å². The molecule has 1 heterocycles. The van der Waals surface area contributed by atoms with Crippen LogP contribution >= 0.6 is 23.2 Å². The lowest BCUT2D eigenvalue weighted by molar-refractivity contribution is 0.393. The lowest BCUT2D eigenvalue weighted by atomic mass is 10.1. The fourth-order valence-corrected chi connectivity index (χ4v) is 5.11. The van der Waals surface area contributed by atoms with Crippen LogP contribution < -0.4 is 0 Å². The highest BCUT2D eigenvalue weighted by molar-refractivity contribution is 7.89. The zero-order valence-corrected chi connectivity index (χ0v) is 13.8. The Morgan fingerprint density at radius 1 is 1.45 bits per heavy atom. The average Bonchev–Trinajstić information content (AvgIpc) is 2.88. The molecule has 1 aromatic rings. The van der Waals surface area contributed by atoms with Gasteiger partial charge in [0.25, 0.3) is 0 Å². The zero-order valence-electron chi connectivity index (χ0n) is 11.4. The van der Waals surface area contributed by atoms with E-state index in [0.717, 1.165) is 18.4 Å². The number of sulfonamides is 1. The maximum atomic E-state index is 12.5. The van der Waals surface area contributed by atoms with E-state index in [2.05, 4.69) is 0 Å². The van der Waals surface area contributed by atoms with Crippen molar-refractivity contribution in [1.29, 1.82) is 0 Å². The van der Waals surface area contributed by atoms with Crippen molar-refractivity contribution >= 4 is 33.2 Å². The molecule has 2 atom stereocenters. The van der Waals surface area contributed by atoms with Gasteiger partial charge in [-0.2, -0.15) is 4.31 Å². The third kappa shape index (κ3) is 3.67. The van der Waals surface area contributed by atoms with Crippen molar-refractivity contribution in [3.05, 3.63) is 34.9 Å². The number of nitrogens with zero attached hydrogens (tertiary/aromatic N) is 1. The second-order valence-electron chi connectivity index (χ2n) is 5.36. The summed E-state index contributed by atoms with van der Waals surface area (Å²) in [6.45, 7) is 2.43. The lowest BCUT2D eigenvalue weighted by Gasteiger charge is -2.25. The maximum Gasteiger partial charge on any atom is 0.214 e. The SMILES string of the molecule is CC(CCl)CS(=O)(=O)N1CCCC1c1cccc(Cl)c1. The molecule has 0 aromatic heterocycles. The molecule has 1 aliphatic heterocycles. The highest BCUT2D eigenvalue weighted by atomic mass is 35.5. The molecular formula is C14H19Cl2NO2S. The Morgan fingerprint density at radius 3 is 2.85 bits per heavy atom. The normalized spacial score (nSPS) is 22.1. The van der Waals surface area contributed by atoms with Crippen molar-refractivity contribution in [2.75, 3.05) is 18.2 Å². The Morgan fingerprint density at radius 2 is 2.20 bits per heavy atom. The first kappa shape index (κ1) is 16.1. The fourth-order valence-electron chi connectivity index (χ4n) is 2.62. The largest absolute Gasteiger partial charge is 0.214 e. The Balaban J connectivity index is 2.23. The molecule has 1 fully saturated rings. The van der Waals surface area contributed by atoms with E-state index in [9.17, 15) is 8.42 Å². The van der Waals surface area contributed by atoms with Crippen LogP contribution in [0.2, 0.25) is 5.02 Å². The molecule has 1 saturated heterocycles. The van der Waals surface area contributed by atoms with Crippen LogP contribution in [-0.2, 0) is 10.0 Å². The van der Waals surface area contributed by atoms with Crippen molar-refractivity contribution in [3.8, 4) is 0 Å². The highest BCUT2D eigenvalue weighted by Gasteiger charge is 2.35. The summed E-state index contributed by atoms with van der Waals surface area (Å²) in [5.41, 5.74) is 0.970. The minimum atomic E-state index is -3.28. The Kier molecular flexibility index (Phi) is 5.35. The Labute approximate surface area is 130 Å². The van der Waals surface area contributed by atoms with Crippen LogP contribution in [0, 0.1) is 5.92 Å². The van der Waals surface area contributed by atoms with Gasteiger partial charge in [0.1, 0.15) is 0 Å². The molecule has 2 rings (SSSR count). The van der Waals surface area contributed by atoms with Crippen LogP contribution in [0.1, 0.15) is 31.4 Å². The predicted octanol–water partition coefficient (Wildman–Crippen LogP) is 3.68. The summed E-state index contributed by atoms with van der Waals surface area (Å²) in [5, 5.41) is 0.640. The number of hydrogen-bond donors (Lipinski definition) is 0. The smallest absolute Gasteiger partial charge is 0.212 e. The number of hydrogen-bond acceptors (Lipinski definition) is 2. The van der Waals surface area contributed by atoms with Crippen LogP contribution in [0.3, 0.4) is 0 Å². The molecule has 20 heavy (non-hydrogen) atoms. The molecule has 2 unspecified atom stereocenters. The summed E-state index contributed by atoms with van der Waals surface area (Å²) in [7, 11) is -3.28. The molecule has 0 radical (unpaired) electrons. The molecule has 0 amide bonds. The molecule has 6 heteroatoms. The topological polar surface area (TPSA) is 37.4 Å². The monoisotopic (exact) mass is 335 g/mol. The zero-order chi connectivity index (χ0) is 14.8. The van der Waals surface area contributed by atoms with Crippen LogP contribution in [0.15, 0.2) is 24.3 Å². The van der Waals surface area contributed by atoms with E-state index in [1.165, 1.54) is 0 Å². The minimum Gasteiger partial charge on any atom is -0.212 e. The number of halogens is 2. The van der Waals surface area contributed by atoms with Gasteiger partial charge in [0.2, 0.25) is 10.0 Å². The van der Waals surface area contributed by atoms with Gasteiger partial charge in [-0.3, -0.25) is 0 Å². The number of benzene rings is 1. The lowest BCUT2D eigenvalue weighted by Crippen LogP contribution is -2.34. The van der Waals surface area contributed by atoms with Gasteiger partial charge < -0.3 is 0 Å². The molecule has 0 bridgehead atoms. The van der Waals surface area contributed by atoms with Crippen LogP contribution in [0.4, 0.5) is 0 Å². The van der Waals surface area contributed by atoms with Crippen molar-refractivity contribution in [2.24, 2.45) is 5.92 Å². The molecular weight excluding hydrogens is 317 g/mol. The fraction of sp³-hybridized carbons (Fsp3) is 0.571. The van der Waals surface area contributed by atoms with Crippen molar-refractivity contribution in [2.45, 2.75) is 25.8 Å². The summed E-state index contributed by atoms with van der Waals surface area (Å²) >= 11 is 11.7. The van der Waals surface area contributed by atoms with Gasteiger partial charge >= 0.3 is 0 Å². The van der Waals surface area contributed by atoms with Crippen LogP contribution in [-0.4, -0.2) is 30.9 Å². The Hall–Kier alpha value is -0.290. The van der Waals surface area contributed by atoms with Crippen LogP contribution in [0.5, 0.6) is 0 Å². The first-order chi connectivity index (χ1) is 9.44. The van der Waals surface area contributed by atoms with Gasteiger partial charge in [-0.1, -0.05) is 30.7 Å². The molecule has 1 aromatic carbocycles. The molecule has 1 aliphatic rings. The van der Waals surface area contributed by atoms with E-state index in [1.54, 1.807) is 10.4 Å². The molecule has 0 aliphatic carbocycles. The van der Waals surface area contributed by atoms with Gasteiger partial charge in [-0.25, -0.2) is 8.42 Å². The Bertz CT molecular complexity index is 562. The number of rotatable bonds is 5. The van der Waals surface area contributed by atoms with Gasteiger partial charge in [0, 0.05) is 23.5 Å². The second-order valence-corrected chi connectivity index (χ2v) is 8.07. The summed E-state index contributed by atoms with van der Waals surface area (Å²) < 4.78 is 26.6. The van der Waals surface area contributed by atoms with E-state index >= 15 is 0 Å². The molecule has 112 valence electrons. The summed E-state index contributed by atoms with van der Waals surface area (Å²) in [6.07, 6.45) is 1.72. The first-order valence-corrected chi connectivity index (χ1v) is 9.27. The standard InChI is InChI=1S/C14H19Cl2NO2S/c1-11(9-15)10-20(18,19)17-7-3-6-14(17)12-4-2-5-13(16)8-12/h2,4-5,8,11,14H,3,6-7,9-10H2,1H3. The third-order valence-electron chi connectivity index (χ3n) is 3.55. The van der Waals surface area contributed by atoms with E-state index in [1.807, 2.05) is 25.1 Å². The first-order valence-electron chi connectivity index (χ1n) is 6.75. The van der Waals surface area contributed by atoms with Crippen molar-refractivity contribution < 1.29 is 8.42 Å². The van der Waals surface area contributed by atoms with E-state index in [4.69, 9.17) is 23.2 Å². The molecule has 0 N–H and O–H groups in total. The summed E-state index contributed by atoms with van der Waals surface area (Å²) in [5.74, 6) is 0.421. The quantitative estimate of drug-likeness (QED) is 0.769. The summed E-state index contributed by atoms with van der Waals surface area (Å²) in [6, 6.07) is 7.36. The van der Waals surface area contributed by atoms with Gasteiger partial charge in [0.05, 0.1) is 5.75 Å². The second kappa shape index (κ2) is 6.65. The van der Waals surface area contributed by atoms with Gasteiger partial charge in [-0.05, 0) is 36.5 Å².